The molecule has 1 aromatic heterocycles. The Morgan fingerprint density at radius 2 is 2.12 bits per heavy atom. The van der Waals surface area contributed by atoms with Crippen molar-refractivity contribution in [2.75, 3.05) is 13.2 Å². The minimum Gasteiger partial charge on any atom is -0.493 e. The lowest BCUT2D eigenvalue weighted by Gasteiger charge is -2.08. The molecule has 8 heteroatoms. The van der Waals surface area contributed by atoms with Gasteiger partial charge in [0.25, 0.3) is 0 Å². The minimum atomic E-state index is -3.80. The van der Waals surface area contributed by atoms with E-state index in [4.69, 9.17) is 9.84 Å². The molecule has 126 valence electrons. The van der Waals surface area contributed by atoms with E-state index in [2.05, 4.69) is 9.71 Å². The number of carbonyl (C=O) groups is 1. The number of pyridine rings is 1. The highest BCUT2D eigenvalue weighted by Gasteiger charge is 2.17. The number of rotatable bonds is 6. The van der Waals surface area contributed by atoms with Gasteiger partial charge in [-0.15, -0.1) is 0 Å². The van der Waals surface area contributed by atoms with Crippen LogP contribution in [0.2, 0.25) is 0 Å². The number of carboxylic acids is 1. The first kappa shape index (κ1) is 16.4. The molecule has 1 aliphatic heterocycles. The highest BCUT2D eigenvalue weighted by Crippen LogP contribution is 2.25. The van der Waals surface area contributed by atoms with E-state index in [-0.39, 0.29) is 17.0 Å². The summed E-state index contributed by atoms with van der Waals surface area (Å²) in [6.45, 7) is 0.887. The Hall–Kier alpha value is -2.45. The van der Waals surface area contributed by atoms with Gasteiger partial charge >= 0.3 is 5.97 Å². The highest BCUT2D eigenvalue weighted by molar-refractivity contribution is 7.89. The Kier molecular flexibility index (Phi) is 4.50. The number of sulfonamides is 1. The Morgan fingerprint density at radius 3 is 2.92 bits per heavy atom. The third-order valence-corrected chi connectivity index (χ3v) is 5.16. The standard InChI is InChI=1S/C16H16N2O5S/c19-16(20)13-8-14(10-17-9-13)24(21,22)18-5-3-11-1-2-15-12(7-11)4-6-23-15/h1-2,7-10,18H,3-6H2,(H,19,20). The zero-order valence-electron chi connectivity index (χ0n) is 12.7. The number of carboxylic acid groups (broad SMARTS) is 1. The molecule has 0 saturated carbocycles. The van der Waals surface area contributed by atoms with Crippen LogP contribution < -0.4 is 9.46 Å². The van der Waals surface area contributed by atoms with Crippen LogP contribution in [-0.4, -0.2) is 37.6 Å². The van der Waals surface area contributed by atoms with E-state index >= 15 is 0 Å². The Bertz CT molecular complexity index is 880. The van der Waals surface area contributed by atoms with Gasteiger partial charge in [0, 0.05) is 25.4 Å². The summed E-state index contributed by atoms with van der Waals surface area (Å²) >= 11 is 0. The Morgan fingerprint density at radius 1 is 1.29 bits per heavy atom. The molecule has 0 spiro atoms. The van der Waals surface area contributed by atoms with Gasteiger partial charge in [0.2, 0.25) is 10.0 Å². The van der Waals surface area contributed by atoms with Gasteiger partial charge in [-0.05, 0) is 29.7 Å². The number of aromatic nitrogens is 1. The maximum Gasteiger partial charge on any atom is 0.337 e. The molecule has 1 aliphatic rings. The summed E-state index contributed by atoms with van der Waals surface area (Å²) in [4.78, 5) is 14.4. The van der Waals surface area contributed by atoms with Crippen LogP contribution in [0.3, 0.4) is 0 Å². The van der Waals surface area contributed by atoms with Crippen LogP contribution in [0.4, 0.5) is 0 Å². The van der Waals surface area contributed by atoms with Crippen molar-refractivity contribution in [2.24, 2.45) is 0 Å². The van der Waals surface area contributed by atoms with Crippen molar-refractivity contribution in [2.45, 2.75) is 17.7 Å². The number of ether oxygens (including phenoxy) is 1. The first-order chi connectivity index (χ1) is 11.5. The predicted octanol–water partition coefficient (Wildman–Crippen LogP) is 1.24. The maximum absolute atomic E-state index is 12.2. The number of fused-ring (bicyclic) bond motifs is 1. The van der Waals surface area contributed by atoms with E-state index in [0.29, 0.717) is 13.0 Å². The normalized spacial score (nSPS) is 13.3. The molecule has 0 unspecified atom stereocenters. The molecule has 2 aromatic rings. The highest BCUT2D eigenvalue weighted by atomic mass is 32.2. The van der Waals surface area contributed by atoms with E-state index < -0.39 is 16.0 Å². The molecule has 3 rings (SSSR count). The Balaban J connectivity index is 1.65. The van der Waals surface area contributed by atoms with Gasteiger partial charge in [0.1, 0.15) is 10.6 Å². The van der Waals surface area contributed by atoms with Gasteiger partial charge in [-0.1, -0.05) is 12.1 Å². The second kappa shape index (κ2) is 6.58. The fourth-order valence-corrected chi connectivity index (χ4v) is 3.51. The average molecular weight is 348 g/mol. The van der Waals surface area contributed by atoms with E-state index in [1.54, 1.807) is 0 Å². The molecule has 2 N–H and O–H groups in total. The van der Waals surface area contributed by atoms with Crippen molar-refractivity contribution in [3.63, 3.8) is 0 Å². The van der Waals surface area contributed by atoms with Crippen molar-refractivity contribution in [1.82, 2.24) is 9.71 Å². The molecule has 0 aliphatic carbocycles. The second-order valence-electron chi connectivity index (χ2n) is 5.40. The molecule has 7 nitrogen and oxygen atoms in total. The summed E-state index contributed by atoms with van der Waals surface area (Å²) in [5, 5.41) is 8.91. The molecule has 24 heavy (non-hydrogen) atoms. The molecule has 0 bridgehead atoms. The van der Waals surface area contributed by atoms with Gasteiger partial charge in [-0.3, -0.25) is 4.98 Å². The summed E-state index contributed by atoms with van der Waals surface area (Å²) < 4.78 is 32.3. The molecule has 1 aromatic carbocycles. The quantitative estimate of drug-likeness (QED) is 0.813. The zero-order chi connectivity index (χ0) is 17.2. The third kappa shape index (κ3) is 3.55. The van der Waals surface area contributed by atoms with E-state index in [1.807, 2.05) is 18.2 Å². The number of benzene rings is 1. The first-order valence-electron chi connectivity index (χ1n) is 7.38. The fourth-order valence-electron chi connectivity index (χ4n) is 2.49. The van der Waals surface area contributed by atoms with Gasteiger partial charge in [0.05, 0.1) is 12.2 Å². The van der Waals surface area contributed by atoms with Crippen LogP contribution in [-0.2, 0) is 22.9 Å². The van der Waals surface area contributed by atoms with Gasteiger partial charge in [0.15, 0.2) is 0 Å². The summed E-state index contributed by atoms with van der Waals surface area (Å²) in [7, 11) is -3.80. The van der Waals surface area contributed by atoms with Crippen molar-refractivity contribution < 1.29 is 23.1 Å². The van der Waals surface area contributed by atoms with Crippen LogP contribution in [0.25, 0.3) is 0 Å². The van der Waals surface area contributed by atoms with Gasteiger partial charge in [-0.2, -0.15) is 0 Å². The van der Waals surface area contributed by atoms with Crippen molar-refractivity contribution in [3.05, 3.63) is 53.3 Å². The number of hydrogen-bond acceptors (Lipinski definition) is 5. The van der Waals surface area contributed by atoms with Crippen LogP contribution in [0.1, 0.15) is 21.5 Å². The number of nitrogens with zero attached hydrogens (tertiary/aromatic N) is 1. The molecule has 2 heterocycles. The lowest BCUT2D eigenvalue weighted by molar-refractivity contribution is 0.0696. The van der Waals surface area contributed by atoms with Crippen LogP contribution in [0.5, 0.6) is 5.75 Å². The SMILES string of the molecule is O=C(O)c1cncc(S(=O)(=O)NCCc2ccc3c(c2)CCO3)c1. The smallest absolute Gasteiger partial charge is 0.337 e. The van der Waals surface area contributed by atoms with Gasteiger partial charge in [-0.25, -0.2) is 17.9 Å². The maximum atomic E-state index is 12.2. The lowest BCUT2D eigenvalue weighted by atomic mass is 10.1. The van der Waals surface area contributed by atoms with Gasteiger partial charge < -0.3 is 9.84 Å². The molecular formula is C16H16N2O5S. The minimum absolute atomic E-state index is 0.162. The summed E-state index contributed by atoms with van der Waals surface area (Å²) in [5.41, 5.74) is 1.98. The monoisotopic (exact) mass is 348 g/mol. The van der Waals surface area contributed by atoms with E-state index in [0.717, 1.165) is 41.8 Å². The van der Waals surface area contributed by atoms with Crippen LogP contribution >= 0.6 is 0 Å². The second-order valence-corrected chi connectivity index (χ2v) is 7.17. The number of hydrogen-bond donors (Lipinski definition) is 2. The predicted molar refractivity (Wildman–Crippen MR) is 85.7 cm³/mol. The van der Waals surface area contributed by atoms with E-state index in [9.17, 15) is 13.2 Å². The topological polar surface area (TPSA) is 106 Å². The third-order valence-electron chi connectivity index (χ3n) is 3.73. The average Bonchev–Trinajstić information content (AvgIpc) is 3.02. The largest absolute Gasteiger partial charge is 0.493 e. The summed E-state index contributed by atoms with van der Waals surface area (Å²) in [5.74, 6) is -0.337. The van der Waals surface area contributed by atoms with Crippen LogP contribution in [0.15, 0.2) is 41.6 Å². The van der Waals surface area contributed by atoms with Crippen LogP contribution in [0, 0.1) is 0 Å². The molecule has 0 saturated heterocycles. The zero-order valence-corrected chi connectivity index (χ0v) is 13.5. The molecule has 0 fully saturated rings. The molecule has 0 amide bonds. The molecule has 0 radical (unpaired) electrons. The van der Waals surface area contributed by atoms with Crippen molar-refractivity contribution in [1.29, 1.82) is 0 Å². The lowest BCUT2D eigenvalue weighted by Crippen LogP contribution is -2.26. The summed E-state index contributed by atoms with van der Waals surface area (Å²) in [6.07, 6.45) is 3.62. The number of aromatic carboxylic acids is 1. The Labute approximate surface area is 139 Å². The molecular weight excluding hydrogens is 332 g/mol. The fraction of sp³-hybridized carbons (Fsp3) is 0.250. The first-order valence-corrected chi connectivity index (χ1v) is 8.87. The van der Waals surface area contributed by atoms with E-state index in [1.165, 1.54) is 0 Å². The van der Waals surface area contributed by atoms with Crippen molar-refractivity contribution >= 4 is 16.0 Å². The molecule has 0 atom stereocenters. The number of nitrogens with one attached hydrogen (secondary N) is 1. The van der Waals surface area contributed by atoms with Crippen molar-refractivity contribution in [3.8, 4) is 5.75 Å². The summed E-state index contributed by atoms with van der Waals surface area (Å²) in [6, 6.07) is 6.91.